The third kappa shape index (κ3) is 3.26. The zero-order valence-corrected chi connectivity index (χ0v) is 9.08. The molecule has 1 unspecified atom stereocenters. The SMILES string of the molecule is CC(NC(=O)c1cc(O)cc(O)c1)/C(N)=N/O. The number of phenolic OH excluding ortho intramolecular Hbond substituents is 2. The van der Waals surface area contributed by atoms with Gasteiger partial charge < -0.3 is 26.5 Å². The van der Waals surface area contributed by atoms with Crippen molar-refractivity contribution in [2.45, 2.75) is 13.0 Å². The van der Waals surface area contributed by atoms with Gasteiger partial charge in [-0.1, -0.05) is 5.16 Å². The van der Waals surface area contributed by atoms with Crippen LogP contribution in [0.1, 0.15) is 17.3 Å². The number of nitrogens with one attached hydrogen (secondary N) is 1. The largest absolute Gasteiger partial charge is 0.508 e. The van der Waals surface area contributed by atoms with Crippen LogP contribution >= 0.6 is 0 Å². The van der Waals surface area contributed by atoms with Crippen LogP contribution in [0.3, 0.4) is 0 Å². The highest BCUT2D eigenvalue weighted by Crippen LogP contribution is 2.20. The van der Waals surface area contributed by atoms with E-state index in [4.69, 9.17) is 10.9 Å². The maximum atomic E-state index is 11.7. The van der Waals surface area contributed by atoms with E-state index < -0.39 is 11.9 Å². The number of rotatable bonds is 3. The lowest BCUT2D eigenvalue weighted by atomic mass is 10.1. The summed E-state index contributed by atoms with van der Waals surface area (Å²) >= 11 is 0. The maximum absolute atomic E-state index is 11.7. The molecule has 1 atom stereocenters. The van der Waals surface area contributed by atoms with Gasteiger partial charge in [0.05, 0.1) is 6.04 Å². The summed E-state index contributed by atoms with van der Waals surface area (Å²) in [4.78, 5) is 11.7. The molecular weight excluding hydrogens is 226 g/mol. The maximum Gasteiger partial charge on any atom is 0.252 e. The molecule has 6 N–H and O–H groups in total. The number of hydrogen-bond donors (Lipinski definition) is 5. The van der Waals surface area contributed by atoms with Crippen LogP contribution in [0, 0.1) is 0 Å². The summed E-state index contributed by atoms with van der Waals surface area (Å²) < 4.78 is 0. The number of benzene rings is 1. The Bertz CT molecular complexity index is 439. The molecule has 0 bridgehead atoms. The number of nitrogens with two attached hydrogens (primary N) is 1. The number of carbonyl (C=O) groups excluding carboxylic acids is 1. The first-order valence-corrected chi connectivity index (χ1v) is 4.75. The van der Waals surface area contributed by atoms with E-state index in [1.54, 1.807) is 0 Å². The van der Waals surface area contributed by atoms with Gasteiger partial charge in [0, 0.05) is 11.6 Å². The van der Waals surface area contributed by atoms with Crippen molar-refractivity contribution in [2.75, 3.05) is 0 Å². The Kier molecular flexibility index (Phi) is 3.76. The van der Waals surface area contributed by atoms with Crippen molar-refractivity contribution < 1.29 is 20.2 Å². The summed E-state index contributed by atoms with van der Waals surface area (Å²) in [5, 5.41) is 32.0. The van der Waals surface area contributed by atoms with E-state index in [9.17, 15) is 15.0 Å². The Labute approximate surface area is 97.2 Å². The number of phenols is 2. The fourth-order valence-electron chi connectivity index (χ4n) is 1.17. The molecule has 1 aromatic carbocycles. The molecule has 1 rings (SSSR count). The second-order valence-electron chi connectivity index (χ2n) is 3.46. The van der Waals surface area contributed by atoms with E-state index in [0.717, 1.165) is 6.07 Å². The fraction of sp³-hybridized carbons (Fsp3) is 0.200. The summed E-state index contributed by atoms with van der Waals surface area (Å²) in [5.41, 5.74) is 5.36. The summed E-state index contributed by atoms with van der Waals surface area (Å²) in [6.45, 7) is 1.52. The van der Waals surface area contributed by atoms with Crippen molar-refractivity contribution in [2.24, 2.45) is 10.9 Å². The third-order valence-electron chi connectivity index (χ3n) is 2.07. The van der Waals surface area contributed by atoms with Crippen LogP contribution in [0.15, 0.2) is 23.4 Å². The number of carbonyl (C=O) groups is 1. The number of aromatic hydroxyl groups is 2. The standard InChI is InChI=1S/C10H13N3O4/c1-5(9(11)13-17)12-10(16)6-2-7(14)4-8(15)3-6/h2-5,14-15,17H,1H3,(H2,11,13)(H,12,16). The summed E-state index contributed by atoms with van der Waals surface area (Å²) in [6.07, 6.45) is 0. The molecule has 7 heteroatoms. The Morgan fingerprint density at radius 2 is 1.88 bits per heavy atom. The number of amidine groups is 1. The third-order valence-corrected chi connectivity index (χ3v) is 2.07. The molecule has 0 radical (unpaired) electrons. The van der Waals surface area contributed by atoms with Crippen molar-refractivity contribution in [3.05, 3.63) is 23.8 Å². The fourth-order valence-corrected chi connectivity index (χ4v) is 1.17. The predicted octanol–water partition coefficient (Wildman–Crippen LogP) is -0.0375. The van der Waals surface area contributed by atoms with Gasteiger partial charge in [0.15, 0.2) is 5.84 Å². The van der Waals surface area contributed by atoms with Gasteiger partial charge >= 0.3 is 0 Å². The normalized spacial score (nSPS) is 13.1. The van der Waals surface area contributed by atoms with Crippen molar-refractivity contribution >= 4 is 11.7 Å². The molecule has 0 saturated carbocycles. The summed E-state index contributed by atoms with van der Waals surface area (Å²) in [5.74, 6) is -1.17. The van der Waals surface area contributed by atoms with E-state index in [1.165, 1.54) is 19.1 Å². The first-order valence-electron chi connectivity index (χ1n) is 4.75. The minimum Gasteiger partial charge on any atom is -0.508 e. The number of oxime groups is 1. The average Bonchev–Trinajstić information content (AvgIpc) is 2.26. The van der Waals surface area contributed by atoms with Gasteiger partial charge in [0.25, 0.3) is 5.91 Å². The van der Waals surface area contributed by atoms with Crippen LogP contribution in [0.2, 0.25) is 0 Å². The molecular formula is C10H13N3O4. The van der Waals surface area contributed by atoms with Gasteiger partial charge in [-0.25, -0.2) is 0 Å². The Morgan fingerprint density at radius 1 is 1.35 bits per heavy atom. The van der Waals surface area contributed by atoms with Gasteiger partial charge in [-0.15, -0.1) is 0 Å². The lowest BCUT2D eigenvalue weighted by Gasteiger charge is -2.12. The number of hydrogen-bond acceptors (Lipinski definition) is 5. The Balaban J connectivity index is 2.83. The van der Waals surface area contributed by atoms with Crippen LogP contribution in [0.5, 0.6) is 11.5 Å². The van der Waals surface area contributed by atoms with Crippen LogP contribution < -0.4 is 11.1 Å². The number of nitrogens with zero attached hydrogens (tertiary/aromatic N) is 1. The molecule has 0 heterocycles. The minimum absolute atomic E-state index is 0.0695. The summed E-state index contributed by atoms with van der Waals surface area (Å²) in [6, 6.07) is 2.81. The minimum atomic E-state index is -0.669. The Morgan fingerprint density at radius 3 is 2.35 bits per heavy atom. The van der Waals surface area contributed by atoms with Crippen molar-refractivity contribution in [1.82, 2.24) is 5.32 Å². The lowest BCUT2D eigenvalue weighted by Crippen LogP contribution is -2.42. The highest BCUT2D eigenvalue weighted by molar-refractivity contribution is 5.98. The molecule has 1 aromatic rings. The molecule has 1 amide bonds. The molecule has 0 fully saturated rings. The second kappa shape index (κ2) is 5.06. The van der Waals surface area contributed by atoms with E-state index in [1.807, 2.05) is 0 Å². The molecule has 0 aliphatic heterocycles. The van der Waals surface area contributed by atoms with Gasteiger partial charge in [0.2, 0.25) is 0 Å². The van der Waals surface area contributed by atoms with Gasteiger partial charge in [-0.3, -0.25) is 4.79 Å². The monoisotopic (exact) mass is 239 g/mol. The Hall–Kier alpha value is -2.44. The zero-order valence-electron chi connectivity index (χ0n) is 9.08. The highest BCUT2D eigenvalue weighted by atomic mass is 16.4. The van der Waals surface area contributed by atoms with Gasteiger partial charge in [-0.2, -0.15) is 0 Å². The van der Waals surface area contributed by atoms with Gasteiger partial charge in [-0.05, 0) is 19.1 Å². The van der Waals surface area contributed by atoms with Crippen molar-refractivity contribution in [3.8, 4) is 11.5 Å². The van der Waals surface area contributed by atoms with Crippen LogP contribution in [-0.4, -0.2) is 33.2 Å². The van der Waals surface area contributed by atoms with Crippen LogP contribution in [-0.2, 0) is 0 Å². The molecule has 7 nitrogen and oxygen atoms in total. The molecule has 92 valence electrons. The smallest absolute Gasteiger partial charge is 0.252 e. The van der Waals surface area contributed by atoms with Crippen LogP contribution in [0.25, 0.3) is 0 Å². The van der Waals surface area contributed by atoms with Crippen molar-refractivity contribution in [3.63, 3.8) is 0 Å². The van der Waals surface area contributed by atoms with Crippen LogP contribution in [0.4, 0.5) is 0 Å². The first-order chi connectivity index (χ1) is 7.93. The molecule has 17 heavy (non-hydrogen) atoms. The highest BCUT2D eigenvalue weighted by Gasteiger charge is 2.14. The van der Waals surface area contributed by atoms with E-state index in [2.05, 4.69) is 10.5 Å². The van der Waals surface area contributed by atoms with E-state index in [-0.39, 0.29) is 22.9 Å². The van der Waals surface area contributed by atoms with Gasteiger partial charge in [0.1, 0.15) is 11.5 Å². The summed E-state index contributed by atoms with van der Waals surface area (Å²) in [7, 11) is 0. The zero-order chi connectivity index (χ0) is 13.0. The van der Waals surface area contributed by atoms with E-state index in [0.29, 0.717) is 0 Å². The molecule has 0 aliphatic rings. The van der Waals surface area contributed by atoms with E-state index >= 15 is 0 Å². The molecule has 0 spiro atoms. The molecule has 0 saturated heterocycles. The predicted molar refractivity (Wildman–Crippen MR) is 60.1 cm³/mol. The van der Waals surface area contributed by atoms with Crippen molar-refractivity contribution in [1.29, 1.82) is 0 Å². The topological polar surface area (TPSA) is 128 Å². The quantitative estimate of drug-likeness (QED) is 0.219. The first kappa shape index (κ1) is 12.6. The number of amides is 1. The second-order valence-corrected chi connectivity index (χ2v) is 3.46. The lowest BCUT2D eigenvalue weighted by molar-refractivity contribution is 0.0948. The average molecular weight is 239 g/mol. The molecule has 0 aromatic heterocycles. The molecule has 0 aliphatic carbocycles.